The minimum atomic E-state index is -0.723. The van der Waals surface area contributed by atoms with Gasteiger partial charge in [0.2, 0.25) is 5.91 Å². The number of thiophene rings is 1. The normalized spacial score (nSPS) is 19.5. The summed E-state index contributed by atoms with van der Waals surface area (Å²) in [5.41, 5.74) is 6.38. The van der Waals surface area contributed by atoms with Gasteiger partial charge < -0.3 is 9.64 Å². The number of hydrogen-bond acceptors (Lipinski definition) is 7. The fourth-order valence-corrected chi connectivity index (χ4v) is 8.36. The monoisotopic (exact) mass is 666 g/mol. The molecule has 1 aromatic carbocycles. The summed E-state index contributed by atoms with van der Waals surface area (Å²) in [7, 11) is 2.12. The van der Waals surface area contributed by atoms with E-state index in [1.54, 1.807) is 0 Å². The lowest BCUT2D eigenvalue weighted by atomic mass is 9.94. The molecule has 3 bridgehead atoms. The van der Waals surface area contributed by atoms with Crippen LogP contribution >= 0.6 is 11.3 Å². The Balaban J connectivity index is 1.40. The summed E-state index contributed by atoms with van der Waals surface area (Å²) in [6.07, 6.45) is 7.33. The van der Waals surface area contributed by atoms with Crippen LogP contribution in [-0.4, -0.2) is 61.7 Å². The smallest absolute Gasteiger partial charge is 0.246 e. The van der Waals surface area contributed by atoms with Crippen LogP contribution in [0, 0.1) is 11.6 Å². The summed E-state index contributed by atoms with van der Waals surface area (Å²) in [5, 5.41) is 7.87. The van der Waals surface area contributed by atoms with Crippen LogP contribution in [0.1, 0.15) is 55.6 Å². The number of aromatic nitrogens is 4. The zero-order valence-corrected chi connectivity index (χ0v) is 27.8. The molecule has 8 rings (SSSR count). The lowest BCUT2D eigenvalue weighted by Gasteiger charge is -2.35. The molecule has 2 unspecified atom stereocenters. The van der Waals surface area contributed by atoms with Crippen molar-refractivity contribution >= 4 is 27.3 Å². The molecule has 5 aromatic rings. The molecule has 0 fully saturated rings. The topological polar surface area (TPSA) is 76.4 Å². The lowest BCUT2D eigenvalue weighted by molar-refractivity contribution is -0.130. The van der Waals surface area contributed by atoms with Gasteiger partial charge in [0.05, 0.1) is 42.7 Å². The minimum absolute atomic E-state index is 0.0463. The molecular formula is C37H36F2N6O2S. The van der Waals surface area contributed by atoms with Gasteiger partial charge in [-0.15, -0.1) is 11.3 Å². The number of pyridine rings is 2. The van der Waals surface area contributed by atoms with E-state index in [0.717, 1.165) is 71.0 Å². The number of fused-ring (bicyclic) bond motifs is 9. The molecule has 3 aliphatic heterocycles. The van der Waals surface area contributed by atoms with E-state index in [4.69, 9.17) is 19.8 Å². The Morgan fingerprint density at radius 3 is 2.85 bits per heavy atom. The molecule has 1 amide bonds. The summed E-state index contributed by atoms with van der Waals surface area (Å²) in [5.74, 6) is -1.39. The Bertz CT molecular complexity index is 2090. The Labute approximate surface area is 281 Å². The first-order chi connectivity index (χ1) is 23.3. The number of nitrogens with zero attached hydrogens (tertiary/aromatic N) is 6. The van der Waals surface area contributed by atoms with Gasteiger partial charge >= 0.3 is 0 Å². The van der Waals surface area contributed by atoms with Crippen molar-refractivity contribution in [1.29, 1.82) is 0 Å². The van der Waals surface area contributed by atoms with E-state index in [2.05, 4.69) is 31.5 Å². The quantitative estimate of drug-likeness (QED) is 0.181. The molecule has 0 N–H and O–H groups in total. The number of ether oxygens (including phenoxy) is 1. The molecule has 0 saturated heterocycles. The van der Waals surface area contributed by atoms with Gasteiger partial charge in [0.25, 0.3) is 0 Å². The van der Waals surface area contributed by atoms with Gasteiger partial charge in [-0.1, -0.05) is 13.0 Å². The first kappa shape index (κ1) is 30.8. The Morgan fingerprint density at radius 1 is 1.12 bits per heavy atom. The highest BCUT2D eigenvalue weighted by Crippen LogP contribution is 2.47. The maximum absolute atomic E-state index is 16.2. The average molecular weight is 667 g/mol. The van der Waals surface area contributed by atoms with Crippen LogP contribution in [0.2, 0.25) is 0 Å². The molecule has 0 radical (unpaired) electrons. The molecule has 4 aromatic heterocycles. The Morgan fingerprint density at radius 2 is 2.00 bits per heavy atom. The van der Waals surface area contributed by atoms with Crippen molar-refractivity contribution in [1.82, 2.24) is 29.5 Å². The predicted molar refractivity (Wildman–Crippen MR) is 183 cm³/mol. The van der Waals surface area contributed by atoms with E-state index >= 15 is 4.39 Å². The van der Waals surface area contributed by atoms with Crippen LogP contribution in [0.25, 0.3) is 43.9 Å². The minimum Gasteiger partial charge on any atom is -0.493 e. The number of rotatable bonds is 2. The summed E-state index contributed by atoms with van der Waals surface area (Å²) < 4.78 is 39.8. The van der Waals surface area contributed by atoms with E-state index in [1.807, 2.05) is 33.3 Å². The fourth-order valence-electron chi connectivity index (χ4n) is 7.41. The Kier molecular flexibility index (Phi) is 7.83. The van der Waals surface area contributed by atoms with Crippen molar-refractivity contribution in [3.63, 3.8) is 0 Å². The largest absolute Gasteiger partial charge is 0.493 e. The highest BCUT2D eigenvalue weighted by atomic mass is 32.1. The number of benzene rings is 1. The summed E-state index contributed by atoms with van der Waals surface area (Å²) >= 11 is 1.48. The second-order valence-corrected chi connectivity index (χ2v) is 13.9. The van der Waals surface area contributed by atoms with E-state index in [0.29, 0.717) is 43.1 Å². The molecule has 48 heavy (non-hydrogen) atoms. The number of carbonyl (C=O) groups excluding carboxylic acids is 1. The van der Waals surface area contributed by atoms with Crippen LogP contribution in [-0.2, 0) is 24.3 Å². The molecule has 0 aliphatic carbocycles. The average Bonchev–Trinajstić information content (AvgIpc) is 3.74. The maximum Gasteiger partial charge on any atom is 0.246 e. The van der Waals surface area contributed by atoms with Crippen LogP contribution in [0.5, 0.6) is 5.75 Å². The fraction of sp³-hybridized carbons (Fsp3) is 0.351. The molecular weight excluding hydrogens is 631 g/mol. The standard InChI is InChI=1S/C37H36F2N6O2S/c1-4-32(46)44-19-25-17-30-36-34(33-28(39)15-23(38)16-31(33)47-12-7-5-6-8-24(44)20-45(25)42-30)37-26(10-13-48-37)35(41-36)22-14-27-21(2)43(3)11-9-29(27)40-18-22/h4,10,13-18,21,24H,1,5-9,11-12,19-20H2,2-3H3. The van der Waals surface area contributed by atoms with E-state index in [9.17, 15) is 9.18 Å². The molecule has 0 spiro atoms. The Hall–Kier alpha value is -4.48. The number of carbonyl (C=O) groups is 1. The van der Waals surface area contributed by atoms with E-state index in [-0.39, 0.29) is 29.3 Å². The van der Waals surface area contributed by atoms with Gasteiger partial charge in [-0.2, -0.15) is 5.10 Å². The van der Waals surface area contributed by atoms with Gasteiger partial charge in [0, 0.05) is 64.2 Å². The van der Waals surface area contributed by atoms with E-state index in [1.165, 1.54) is 29.0 Å². The molecule has 246 valence electrons. The highest BCUT2D eigenvalue weighted by Gasteiger charge is 2.33. The van der Waals surface area contributed by atoms with Gasteiger partial charge in [-0.25, -0.2) is 13.8 Å². The van der Waals surface area contributed by atoms with Gasteiger partial charge in [-0.3, -0.25) is 19.4 Å². The van der Waals surface area contributed by atoms with Crippen molar-refractivity contribution < 1.29 is 18.3 Å². The first-order valence-corrected chi connectivity index (χ1v) is 17.4. The highest BCUT2D eigenvalue weighted by molar-refractivity contribution is 7.18. The van der Waals surface area contributed by atoms with Gasteiger partial charge in [0.15, 0.2) is 0 Å². The number of hydrogen-bond donors (Lipinski definition) is 0. The van der Waals surface area contributed by atoms with Crippen molar-refractivity contribution in [2.75, 3.05) is 20.2 Å². The third kappa shape index (κ3) is 5.20. The van der Waals surface area contributed by atoms with Gasteiger partial charge in [0.1, 0.15) is 28.8 Å². The maximum atomic E-state index is 16.2. The predicted octanol–water partition coefficient (Wildman–Crippen LogP) is 7.57. The molecule has 11 heteroatoms. The second kappa shape index (κ2) is 12.2. The summed E-state index contributed by atoms with van der Waals surface area (Å²) in [4.78, 5) is 27.4. The van der Waals surface area contributed by atoms with Crippen LogP contribution in [0.3, 0.4) is 0 Å². The van der Waals surface area contributed by atoms with Crippen molar-refractivity contribution in [3.8, 4) is 39.5 Å². The SMILES string of the molecule is C=CC(=O)N1Cc2cc3nn2CC1CCCCCOc1cc(F)cc(F)c1-c1c-3nc(-c2cnc3c(c2)C(C)N(C)CC3)c2ccsc12. The van der Waals surface area contributed by atoms with Gasteiger partial charge in [-0.05, 0) is 68.5 Å². The lowest BCUT2D eigenvalue weighted by Crippen LogP contribution is -2.45. The van der Waals surface area contributed by atoms with Crippen LogP contribution in [0.4, 0.5) is 8.78 Å². The molecule has 3 aliphatic rings. The van der Waals surface area contributed by atoms with Crippen molar-refractivity contribution in [3.05, 3.63) is 83.1 Å². The van der Waals surface area contributed by atoms with Crippen molar-refractivity contribution in [2.24, 2.45) is 0 Å². The molecule has 8 nitrogen and oxygen atoms in total. The van der Waals surface area contributed by atoms with Crippen molar-refractivity contribution in [2.45, 2.75) is 64.2 Å². The molecule has 7 heterocycles. The number of halogens is 2. The molecule has 2 atom stereocenters. The third-order valence-corrected chi connectivity index (χ3v) is 11.1. The van der Waals surface area contributed by atoms with Crippen LogP contribution < -0.4 is 4.74 Å². The summed E-state index contributed by atoms with van der Waals surface area (Å²) in [6, 6.07) is 8.43. The third-order valence-electron chi connectivity index (χ3n) is 10.1. The zero-order chi connectivity index (χ0) is 33.1. The second-order valence-electron chi connectivity index (χ2n) is 13.0. The number of likely N-dealkylation sites (N-methyl/N-ethyl adjacent to an activating group) is 1. The number of amides is 1. The molecule has 0 saturated carbocycles. The first-order valence-electron chi connectivity index (χ1n) is 16.5. The summed E-state index contributed by atoms with van der Waals surface area (Å²) in [6.45, 7) is 8.09. The zero-order valence-electron chi connectivity index (χ0n) is 27.0. The van der Waals surface area contributed by atoms with Crippen LogP contribution in [0.15, 0.2) is 54.6 Å². The van der Waals surface area contributed by atoms with E-state index < -0.39 is 11.6 Å².